The second-order valence-electron chi connectivity index (χ2n) is 10.7. The van der Waals surface area contributed by atoms with E-state index in [2.05, 4.69) is 4.98 Å². The first-order chi connectivity index (χ1) is 17.1. The van der Waals surface area contributed by atoms with E-state index in [1.807, 2.05) is 20.8 Å². The van der Waals surface area contributed by atoms with Crippen LogP contribution in [-0.2, 0) is 37.4 Å². The van der Waals surface area contributed by atoms with Gasteiger partial charge in [0, 0.05) is 25.2 Å². The standard InChI is InChI=1S/C23H37N2O11P/c1-22(2,3)12-32-13-34-37(30,35-14-33-20(28)23(4,5)6)11-9-15-17(27)18(31-7)19(36-15)25-10-8-16(26)24-21(25)29/h8-11,15,17-19,27H,12-14H2,1-7H3,(H,24,26,29)/b11-9+/t15-,17+,18?,19-,37?/m1/s1. The molecular weight excluding hydrogens is 511 g/mol. The third kappa shape index (κ3) is 9.29. The first-order valence-electron chi connectivity index (χ1n) is 11.6. The summed E-state index contributed by atoms with van der Waals surface area (Å²) < 4.78 is 46.6. The van der Waals surface area contributed by atoms with Crippen LogP contribution in [0.2, 0.25) is 0 Å². The zero-order chi connectivity index (χ0) is 28.0. The van der Waals surface area contributed by atoms with E-state index in [0.29, 0.717) is 6.61 Å². The van der Waals surface area contributed by atoms with Crippen molar-refractivity contribution in [2.24, 2.45) is 10.8 Å². The van der Waals surface area contributed by atoms with Crippen molar-refractivity contribution in [1.82, 2.24) is 9.55 Å². The van der Waals surface area contributed by atoms with Crippen molar-refractivity contribution in [2.45, 2.75) is 66.1 Å². The van der Waals surface area contributed by atoms with Gasteiger partial charge in [0.05, 0.1) is 12.0 Å². The van der Waals surface area contributed by atoms with Crippen LogP contribution in [0.3, 0.4) is 0 Å². The lowest BCUT2D eigenvalue weighted by atomic mass is 9.98. The van der Waals surface area contributed by atoms with Crippen LogP contribution in [0.1, 0.15) is 47.8 Å². The van der Waals surface area contributed by atoms with Crippen LogP contribution < -0.4 is 11.2 Å². The lowest BCUT2D eigenvalue weighted by Crippen LogP contribution is -2.38. The fraction of sp³-hybridized carbons (Fsp3) is 0.696. The first-order valence-corrected chi connectivity index (χ1v) is 13.2. The van der Waals surface area contributed by atoms with Gasteiger partial charge in [0.25, 0.3) is 5.56 Å². The zero-order valence-electron chi connectivity index (χ0n) is 22.2. The average Bonchev–Trinajstić information content (AvgIpc) is 3.09. The van der Waals surface area contributed by atoms with Crippen LogP contribution in [0.25, 0.3) is 0 Å². The molecule has 1 aliphatic rings. The van der Waals surface area contributed by atoms with Crippen molar-refractivity contribution in [1.29, 1.82) is 0 Å². The van der Waals surface area contributed by atoms with Crippen LogP contribution in [0.4, 0.5) is 0 Å². The molecule has 37 heavy (non-hydrogen) atoms. The maximum Gasteiger partial charge on any atom is 0.358 e. The Balaban J connectivity index is 2.19. The molecule has 2 heterocycles. The Labute approximate surface area is 215 Å². The van der Waals surface area contributed by atoms with E-state index in [9.17, 15) is 24.1 Å². The number of hydrogen-bond donors (Lipinski definition) is 2. The Kier molecular flexibility index (Phi) is 10.6. The highest BCUT2D eigenvalue weighted by Crippen LogP contribution is 2.50. The minimum absolute atomic E-state index is 0.169. The SMILES string of the molecule is COC1[C@@H](O)[C@@H](/C=C/P(=O)(OCOCC(C)(C)C)OCOC(=O)C(C)(C)C)O[C@H]1n1ccc(=O)[nH]c1=O. The van der Waals surface area contributed by atoms with Gasteiger partial charge in [-0.3, -0.25) is 32.8 Å². The molecule has 1 aliphatic heterocycles. The second-order valence-corrected chi connectivity index (χ2v) is 12.6. The largest absolute Gasteiger partial charge is 0.438 e. The van der Waals surface area contributed by atoms with Crippen LogP contribution in [0.15, 0.2) is 33.7 Å². The molecule has 1 aromatic heterocycles. The lowest BCUT2D eigenvalue weighted by molar-refractivity contribution is -0.160. The molecule has 14 heteroatoms. The van der Waals surface area contributed by atoms with E-state index in [1.54, 1.807) is 20.8 Å². The van der Waals surface area contributed by atoms with Crippen molar-refractivity contribution in [3.8, 4) is 0 Å². The fourth-order valence-electron chi connectivity index (χ4n) is 3.08. The summed E-state index contributed by atoms with van der Waals surface area (Å²) in [5.74, 6) is 0.482. The number of nitrogens with zero attached hydrogens (tertiary/aromatic N) is 1. The van der Waals surface area contributed by atoms with Crippen LogP contribution in [0, 0.1) is 10.8 Å². The number of aliphatic hydroxyl groups is 1. The Morgan fingerprint density at radius 2 is 1.84 bits per heavy atom. The van der Waals surface area contributed by atoms with Crippen molar-refractivity contribution in [3.05, 3.63) is 45.0 Å². The molecule has 0 radical (unpaired) electrons. The van der Waals surface area contributed by atoms with Gasteiger partial charge in [0.15, 0.2) is 13.0 Å². The van der Waals surface area contributed by atoms with E-state index in [4.69, 9.17) is 28.0 Å². The van der Waals surface area contributed by atoms with Crippen molar-refractivity contribution < 1.29 is 42.5 Å². The predicted octanol–water partition coefficient (Wildman–Crippen LogP) is 2.12. The van der Waals surface area contributed by atoms with Crippen LogP contribution >= 0.6 is 7.60 Å². The van der Waals surface area contributed by atoms with Gasteiger partial charge in [-0.15, -0.1) is 0 Å². The summed E-state index contributed by atoms with van der Waals surface area (Å²) in [4.78, 5) is 37.7. The molecule has 0 saturated carbocycles. The number of H-pyrrole nitrogens is 1. The molecule has 1 saturated heterocycles. The number of rotatable bonds is 11. The van der Waals surface area contributed by atoms with Gasteiger partial charge in [0.1, 0.15) is 18.3 Å². The number of esters is 1. The fourth-order valence-corrected chi connectivity index (χ4v) is 4.13. The molecule has 2 unspecified atom stereocenters. The molecular formula is C23H37N2O11P. The maximum absolute atomic E-state index is 13.4. The highest BCUT2D eigenvalue weighted by Gasteiger charge is 2.44. The summed E-state index contributed by atoms with van der Waals surface area (Å²) >= 11 is 0. The van der Waals surface area contributed by atoms with E-state index < -0.39 is 61.6 Å². The molecule has 13 nitrogen and oxygen atoms in total. The third-order valence-electron chi connectivity index (χ3n) is 4.99. The minimum Gasteiger partial charge on any atom is -0.438 e. The van der Waals surface area contributed by atoms with E-state index in [0.717, 1.165) is 16.5 Å². The highest BCUT2D eigenvalue weighted by molar-refractivity contribution is 7.57. The molecule has 2 N–H and O–H groups in total. The van der Waals surface area contributed by atoms with Gasteiger partial charge in [-0.05, 0) is 32.3 Å². The lowest BCUT2D eigenvalue weighted by Gasteiger charge is -2.21. The Hall–Kier alpha value is -2.12. The molecule has 0 amide bonds. The molecule has 0 bridgehead atoms. The number of carbonyl (C=O) groups excluding carboxylic acids is 1. The molecule has 2 rings (SSSR count). The number of nitrogens with one attached hydrogen (secondary N) is 1. The van der Waals surface area contributed by atoms with Gasteiger partial charge >= 0.3 is 19.3 Å². The Morgan fingerprint density at radius 1 is 1.19 bits per heavy atom. The second kappa shape index (κ2) is 12.6. The molecule has 1 aromatic rings. The summed E-state index contributed by atoms with van der Waals surface area (Å²) in [5, 5.41) is 10.7. The average molecular weight is 549 g/mol. The number of carbonyl (C=O) groups is 1. The third-order valence-corrected chi connectivity index (χ3v) is 6.46. The normalized spacial score (nSPS) is 24.3. The summed E-state index contributed by atoms with van der Waals surface area (Å²) in [6.45, 7) is 10.1. The van der Waals surface area contributed by atoms with Crippen molar-refractivity contribution >= 4 is 13.6 Å². The molecule has 5 atom stereocenters. The molecule has 0 aliphatic carbocycles. The Morgan fingerprint density at radius 3 is 2.41 bits per heavy atom. The quantitative estimate of drug-likeness (QED) is 0.180. The molecule has 1 fully saturated rings. The highest BCUT2D eigenvalue weighted by atomic mass is 31.2. The number of aromatic nitrogens is 2. The van der Waals surface area contributed by atoms with E-state index in [-0.39, 0.29) is 12.2 Å². The first kappa shape index (κ1) is 31.1. The number of aliphatic hydroxyl groups excluding tert-OH is 1. The summed E-state index contributed by atoms with van der Waals surface area (Å²) in [6, 6.07) is 1.12. The predicted molar refractivity (Wildman–Crippen MR) is 132 cm³/mol. The smallest absolute Gasteiger partial charge is 0.358 e. The monoisotopic (exact) mass is 548 g/mol. The maximum atomic E-state index is 13.4. The number of ether oxygens (including phenoxy) is 4. The van der Waals surface area contributed by atoms with Gasteiger partial charge in [-0.2, -0.15) is 0 Å². The number of aromatic amines is 1. The van der Waals surface area contributed by atoms with Crippen LogP contribution in [-0.4, -0.2) is 66.2 Å². The topological polar surface area (TPSA) is 165 Å². The summed E-state index contributed by atoms with van der Waals surface area (Å²) in [7, 11) is -2.74. The minimum atomic E-state index is -4.06. The molecule has 210 valence electrons. The van der Waals surface area contributed by atoms with E-state index >= 15 is 0 Å². The molecule has 0 aromatic carbocycles. The van der Waals surface area contributed by atoms with Crippen molar-refractivity contribution in [3.63, 3.8) is 0 Å². The summed E-state index contributed by atoms with van der Waals surface area (Å²) in [5.41, 5.74) is -2.32. The number of hydrogen-bond acceptors (Lipinski definition) is 11. The zero-order valence-corrected chi connectivity index (χ0v) is 23.1. The van der Waals surface area contributed by atoms with Crippen LogP contribution in [0.5, 0.6) is 0 Å². The van der Waals surface area contributed by atoms with E-state index in [1.165, 1.54) is 19.4 Å². The Bertz CT molecular complexity index is 1100. The van der Waals surface area contributed by atoms with Gasteiger partial charge < -0.3 is 24.1 Å². The summed E-state index contributed by atoms with van der Waals surface area (Å²) in [6.07, 6.45) is -2.02. The molecule has 0 spiro atoms. The van der Waals surface area contributed by atoms with Gasteiger partial charge in [-0.1, -0.05) is 20.8 Å². The van der Waals surface area contributed by atoms with Gasteiger partial charge in [0.2, 0.25) is 6.79 Å². The number of methoxy groups -OCH3 is 1. The van der Waals surface area contributed by atoms with Crippen molar-refractivity contribution in [2.75, 3.05) is 27.3 Å². The van der Waals surface area contributed by atoms with Gasteiger partial charge in [-0.25, -0.2) is 4.79 Å².